The number of ether oxygens (including phenoxy) is 1. The van der Waals surface area contributed by atoms with Crippen molar-refractivity contribution in [2.75, 3.05) is 17.2 Å². The molecule has 0 spiro atoms. The zero-order valence-electron chi connectivity index (χ0n) is 13.2. The molecule has 27 heavy (non-hydrogen) atoms. The molecule has 2 aromatic carbocycles. The van der Waals surface area contributed by atoms with E-state index in [0.717, 1.165) is 24.3 Å². The van der Waals surface area contributed by atoms with E-state index in [1.54, 1.807) is 0 Å². The minimum absolute atomic E-state index is 0.0787. The Balaban J connectivity index is 1.95. The fourth-order valence-corrected chi connectivity index (χ4v) is 2.11. The lowest BCUT2D eigenvalue weighted by molar-refractivity contribution is -0.274. The van der Waals surface area contributed by atoms with Gasteiger partial charge in [-0.15, -0.1) is 13.2 Å². The number of hydrogen-bond donors (Lipinski definition) is 2. The van der Waals surface area contributed by atoms with E-state index in [9.17, 15) is 31.1 Å². The van der Waals surface area contributed by atoms with Gasteiger partial charge in [-0.3, -0.25) is 4.79 Å². The van der Waals surface area contributed by atoms with Crippen molar-refractivity contribution < 1.29 is 35.9 Å². The summed E-state index contributed by atoms with van der Waals surface area (Å²) in [5.74, 6) is -1.14. The van der Waals surface area contributed by atoms with Crippen molar-refractivity contribution in [3.05, 3.63) is 53.1 Å². The van der Waals surface area contributed by atoms with Crippen molar-refractivity contribution in [3.8, 4) is 5.75 Å². The molecular weight excluding hydrogens is 402 g/mol. The molecule has 2 rings (SSSR count). The first kappa shape index (κ1) is 20.7. The highest BCUT2D eigenvalue weighted by Crippen LogP contribution is 2.33. The minimum atomic E-state index is -4.82. The molecule has 0 aromatic heterocycles. The standard InChI is InChI=1S/C16H11ClF6N2O2/c17-12-6-1-9(15(18,19)20)7-13(12)25-14(26)8-24-10-2-4-11(5-3-10)27-16(21,22)23/h1-7,24H,8H2,(H,25,26). The molecule has 1 amide bonds. The zero-order chi connectivity index (χ0) is 20.2. The van der Waals surface area contributed by atoms with Gasteiger partial charge in [0.05, 0.1) is 22.8 Å². The lowest BCUT2D eigenvalue weighted by Crippen LogP contribution is -2.22. The highest BCUT2D eigenvalue weighted by Gasteiger charge is 2.31. The predicted octanol–water partition coefficient (Wildman–Crippen LogP) is 5.31. The van der Waals surface area contributed by atoms with E-state index in [1.165, 1.54) is 12.1 Å². The SMILES string of the molecule is O=C(CNc1ccc(OC(F)(F)F)cc1)Nc1cc(C(F)(F)F)ccc1Cl. The van der Waals surface area contributed by atoms with Crippen LogP contribution in [0, 0.1) is 0 Å². The van der Waals surface area contributed by atoms with E-state index in [-0.39, 0.29) is 17.3 Å². The third-order valence-corrected chi connectivity index (χ3v) is 3.44. The van der Waals surface area contributed by atoms with Gasteiger partial charge in [-0.25, -0.2) is 0 Å². The number of benzene rings is 2. The van der Waals surface area contributed by atoms with Crippen LogP contribution in [0.2, 0.25) is 5.02 Å². The van der Waals surface area contributed by atoms with Crippen LogP contribution >= 0.6 is 11.6 Å². The van der Waals surface area contributed by atoms with Crippen LogP contribution in [-0.4, -0.2) is 18.8 Å². The first-order chi connectivity index (χ1) is 12.4. The van der Waals surface area contributed by atoms with Crippen molar-refractivity contribution in [1.29, 1.82) is 0 Å². The molecule has 4 nitrogen and oxygen atoms in total. The van der Waals surface area contributed by atoms with Gasteiger partial charge >= 0.3 is 12.5 Å². The van der Waals surface area contributed by atoms with Gasteiger partial charge in [-0.05, 0) is 42.5 Å². The Morgan fingerprint density at radius 3 is 2.19 bits per heavy atom. The smallest absolute Gasteiger partial charge is 0.406 e. The topological polar surface area (TPSA) is 50.4 Å². The summed E-state index contributed by atoms with van der Waals surface area (Å²) in [4.78, 5) is 11.9. The normalized spacial score (nSPS) is 11.8. The number of carbonyl (C=O) groups is 1. The number of carbonyl (C=O) groups excluding carboxylic acids is 1. The summed E-state index contributed by atoms with van der Waals surface area (Å²) >= 11 is 5.77. The predicted molar refractivity (Wildman–Crippen MR) is 86.7 cm³/mol. The third kappa shape index (κ3) is 6.55. The van der Waals surface area contributed by atoms with Crippen LogP contribution in [0.15, 0.2) is 42.5 Å². The maximum absolute atomic E-state index is 12.7. The van der Waals surface area contributed by atoms with Crippen LogP contribution in [-0.2, 0) is 11.0 Å². The van der Waals surface area contributed by atoms with Gasteiger partial charge in [0.1, 0.15) is 5.75 Å². The molecule has 0 heterocycles. The Labute approximate surface area is 154 Å². The van der Waals surface area contributed by atoms with Crippen LogP contribution in [0.4, 0.5) is 37.7 Å². The van der Waals surface area contributed by atoms with E-state index in [1.807, 2.05) is 0 Å². The summed E-state index contributed by atoms with van der Waals surface area (Å²) in [6.07, 6.45) is -9.42. The Bertz CT molecular complexity index is 806. The lowest BCUT2D eigenvalue weighted by atomic mass is 10.2. The molecule has 0 radical (unpaired) electrons. The summed E-state index contributed by atoms with van der Waals surface area (Å²) in [5.41, 5.74) is -0.891. The van der Waals surface area contributed by atoms with Crippen molar-refractivity contribution in [2.45, 2.75) is 12.5 Å². The fourth-order valence-electron chi connectivity index (χ4n) is 1.95. The third-order valence-electron chi connectivity index (χ3n) is 3.11. The summed E-state index contributed by atoms with van der Waals surface area (Å²) in [5, 5.41) is 4.75. The van der Waals surface area contributed by atoms with Gasteiger partial charge in [0.15, 0.2) is 0 Å². The Morgan fingerprint density at radius 2 is 1.63 bits per heavy atom. The quantitative estimate of drug-likeness (QED) is 0.654. The van der Waals surface area contributed by atoms with Gasteiger partial charge in [0.2, 0.25) is 5.91 Å². The minimum Gasteiger partial charge on any atom is -0.406 e. The molecule has 146 valence electrons. The maximum atomic E-state index is 12.7. The molecule has 11 heteroatoms. The Hall–Kier alpha value is -2.62. The van der Waals surface area contributed by atoms with E-state index in [4.69, 9.17) is 11.6 Å². The number of alkyl halides is 6. The molecule has 2 N–H and O–H groups in total. The summed E-state index contributed by atoms with van der Waals surface area (Å²) in [6.45, 7) is -0.355. The molecule has 0 aliphatic carbocycles. The van der Waals surface area contributed by atoms with Crippen molar-refractivity contribution in [3.63, 3.8) is 0 Å². The summed E-state index contributed by atoms with van der Waals surface area (Å²) in [6, 6.07) is 7.04. The van der Waals surface area contributed by atoms with Gasteiger partial charge in [0, 0.05) is 5.69 Å². The van der Waals surface area contributed by atoms with Crippen molar-refractivity contribution in [1.82, 2.24) is 0 Å². The second-order valence-electron chi connectivity index (χ2n) is 5.17. The fraction of sp³-hybridized carbons (Fsp3) is 0.188. The molecule has 0 unspecified atom stereocenters. The summed E-state index contributed by atoms with van der Waals surface area (Å²) < 4.78 is 78.0. The van der Waals surface area contributed by atoms with E-state index in [2.05, 4.69) is 15.4 Å². The highest BCUT2D eigenvalue weighted by molar-refractivity contribution is 6.33. The molecule has 0 saturated heterocycles. The number of halogens is 7. The molecule has 2 aromatic rings. The lowest BCUT2D eigenvalue weighted by Gasteiger charge is -2.13. The Kier molecular flexibility index (Phi) is 6.09. The van der Waals surface area contributed by atoms with E-state index in [0.29, 0.717) is 11.8 Å². The van der Waals surface area contributed by atoms with Crippen LogP contribution < -0.4 is 15.4 Å². The Morgan fingerprint density at radius 1 is 1.00 bits per heavy atom. The average molecular weight is 413 g/mol. The number of amides is 1. The molecule has 0 atom stereocenters. The largest absolute Gasteiger partial charge is 0.573 e. The molecule has 0 fully saturated rings. The van der Waals surface area contributed by atoms with E-state index < -0.39 is 29.8 Å². The van der Waals surface area contributed by atoms with E-state index >= 15 is 0 Å². The first-order valence-electron chi connectivity index (χ1n) is 7.20. The zero-order valence-corrected chi connectivity index (χ0v) is 14.0. The van der Waals surface area contributed by atoms with Crippen molar-refractivity contribution >= 4 is 28.9 Å². The second-order valence-corrected chi connectivity index (χ2v) is 5.57. The van der Waals surface area contributed by atoms with Crippen LogP contribution in [0.5, 0.6) is 5.75 Å². The number of anilines is 2. The first-order valence-corrected chi connectivity index (χ1v) is 7.58. The average Bonchev–Trinajstić information content (AvgIpc) is 2.54. The molecule has 0 saturated carbocycles. The van der Waals surface area contributed by atoms with Crippen LogP contribution in [0.25, 0.3) is 0 Å². The maximum Gasteiger partial charge on any atom is 0.573 e. The molecule has 0 bridgehead atoms. The second kappa shape index (κ2) is 7.95. The number of hydrogen-bond acceptors (Lipinski definition) is 3. The monoisotopic (exact) mass is 412 g/mol. The molecule has 0 aliphatic rings. The van der Waals surface area contributed by atoms with Gasteiger partial charge in [-0.2, -0.15) is 13.2 Å². The molecule has 0 aliphatic heterocycles. The van der Waals surface area contributed by atoms with Crippen LogP contribution in [0.3, 0.4) is 0 Å². The van der Waals surface area contributed by atoms with Gasteiger partial charge in [-0.1, -0.05) is 11.6 Å². The van der Waals surface area contributed by atoms with Crippen LogP contribution in [0.1, 0.15) is 5.56 Å². The highest BCUT2D eigenvalue weighted by atomic mass is 35.5. The number of nitrogens with one attached hydrogen (secondary N) is 2. The van der Waals surface area contributed by atoms with Gasteiger partial charge in [0.25, 0.3) is 0 Å². The summed E-state index contributed by atoms with van der Waals surface area (Å²) in [7, 11) is 0. The number of rotatable bonds is 5. The van der Waals surface area contributed by atoms with Gasteiger partial charge < -0.3 is 15.4 Å². The molecular formula is C16H11ClF6N2O2. The van der Waals surface area contributed by atoms with Crippen molar-refractivity contribution in [2.24, 2.45) is 0 Å².